The molecule has 128 valence electrons. The van der Waals surface area contributed by atoms with Crippen molar-refractivity contribution in [3.8, 4) is 0 Å². The molecule has 0 saturated heterocycles. The molecule has 0 fully saturated rings. The summed E-state index contributed by atoms with van der Waals surface area (Å²) in [4.78, 5) is 11.0. The van der Waals surface area contributed by atoms with Crippen molar-refractivity contribution in [3.05, 3.63) is 51.0 Å². The largest absolute Gasteiger partial charge is 0.325 e. The van der Waals surface area contributed by atoms with Gasteiger partial charge in [0.1, 0.15) is 4.90 Å². The van der Waals surface area contributed by atoms with E-state index >= 15 is 0 Å². The van der Waals surface area contributed by atoms with E-state index in [2.05, 4.69) is 10.0 Å². The van der Waals surface area contributed by atoms with Gasteiger partial charge in [-0.1, -0.05) is 34.8 Å². The van der Waals surface area contributed by atoms with Crippen molar-refractivity contribution in [2.45, 2.75) is 18.7 Å². The van der Waals surface area contributed by atoms with E-state index in [0.717, 1.165) is 0 Å². The van der Waals surface area contributed by atoms with Crippen LogP contribution in [-0.2, 0) is 14.8 Å². The highest BCUT2D eigenvalue weighted by atomic mass is 35.5. The average molecular weight is 408 g/mol. The fourth-order valence-electron chi connectivity index (χ4n) is 1.92. The number of carbonyl (C=O) groups excluding carboxylic acids is 1. The van der Waals surface area contributed by atoms with Crippen molar-refractivity contribution in [3.63, 3.8) is 0 Å². The lowest BCUT2D eigenvalue weighted by Crippen LogP contribution is -2.14. The van der Waals surface area contributed by atoms with Crippen LogP contribution in [0.5, 0.6) is 0 Å². The number of aryl methyl sites for hydroxylation is 1. The number of carbonyl (C=O) groups is 1. The summed E-state index contributed by atoms with van der Waals surface area (Å²) in [6.45, 7) is 3.02. The molecule has 0 saturated carbocycles. The molecule has 1 amide bonds. The monoisotopic (exact) mass is 406 g/mol. The zero-order chi connectivity index (χ0) is 18.1. The summed E-state index contributed by atoms with van der Waals surface area (Å²) in [6.07, 6.45) is 0. The Labute approximate surface area is 155 Å². The number of anilines is 2. The van der Waals surface area contributed by atoms with Gasteiger partial charge in [-0.2, -0.15) is 0 Å². The average Bonchev–Trinajstić information content (AvgIpc) is 2.45. The fourth-order valence-corrected chi connectivity index (χ4v) is 4.03. The lowest BCUT2D eigenvalue weighted by atomic mass is 10.2. The zero-order valence-electron chi connectivity index (χ0n) is 12.7. The molecule has 0 atom stereocenters. The third-order valence-corrected chi connectivity index (χ3v) is 5.60. The molecule has 0 unspecified atom stereocenters. The minimum absolute atomic E-state index is 0.0130. The van der Waals surface area contributed by atoms with E-state index in [4.69, 9.17) is 34.8 Å². The second kappa shape index (κ2) is 7.19. The summed E-state index contributed by atoms with van der Waals surface area (Å²) in [7, 11) is -3.92. The number of hydrogen-bond donors (Lipinski definition) is 2. The van der Waals surface area contributed by atoms with Crippen molar-refractivity contribution in [2.24, 2.45) is 0 Å². The van der Waals surface area contributed by atoms with Crippen LogP contribution in [0.15, 0.2) is 35.2 Å². The first kappa shape index (κ1) is 18.9. The highest BCUT2D eigenvalue weighted by Crippen LogP contribution is 2.31. The van der Waals surface area contributed by atoms with E-state index < -0.39 is 10.0 Å². The molecular formula is C15H13Cl3N2O3S. The van der Waals surface area contributed by atoms with Crippen LogP contribution in [0.2, 0.25) is 15.1 Å². The summed E-state index contributed by atoms with van der Waals surface area (Å²) in [5, 5.41) is 3.12. The van der Waals surface area contributed by atoms with Crippen LogP contribution in [-0.4, -0.2) is 14.3 Å². The van der Waals surface area contributed by atoms with E-state index in [1.807, 2.05) is 0 Å². The van der Waals surface area contributed by atoms with E-state index in [-0.39, 0.29) is 26.5 Å². The highest BCUT2D eigenvalue weighted by molar-refractivity contribution is 7.92. The molecule has 0 aliphatic rings. The van der Waals surface area contributed by atoms with Gasteiger partial charge < -0.3 is 5.32 Å². The molecule has 24 heavy (non-hydrogen) atoms. The normalized spacial score (nSPS) is 11.2. The Kier molecular flexibility index (Phi) is 5.65. The van der Waals surface area contributed by atoms with Crippen LogP contribution in [0.1, 0.15) is 12.5 Å². The Morgan fingerprint density at radius 1 is 1.00 bits per heavy atom. The fraction of sp³-hybridized carbons (Fsp3) is 0.133. The molecule has 0 aliphatic heterocycles. The van der Waals surface area contributed by atoms with E-state index in [1.165, 1.54) is 37.3 Å². The molecule has 2 aromatic carbocycles. The third-order valence-electron chi connectivity index (χ3n) is 3.03. The second-order valence-corrected chi connectivity index (χ2v) is 7.89. The van der Waals surface area contributed by atoms with Gasteiger partial charge in [0, 0.05) is 11.9 Å². The Morgan fingerprint density at radius 2 is 1.67 bits per heavy atom. The Morgan fingerprint density at radius 3 is 2.25 bits per heavy atom. The minimum Gasteiger partial charge on any atom is -0.325 e. The first-order valence-corrected chi connectivity index (χ1v) is 9.27. The first-order chi connectivity index (χ1) is 11.1. The van der Waals surface area contributed by atoms with Crippen LogP contribution >= 0.6 is 34.8 Å². The van der Waals surface area contributed by atoms with Gasteiger partial charge in [0.2, 0.25) is 5.91 Å². The van der Waals surface area contributed by atoms with Crippen molar-refractivity contribution < 1.29 is 13.2 Å². The summed E-state index contributed by atoms with van der Waals surface area (Å²) in [5.41, 5.74) is 1.20. The van der Waals surface area contributed by atoms with Gasteiger partial charge >= 0.3 is 0 Å². The van der Waals surface area contributed by atoms with Crippen molar-refractivity contribution in [2.75, 3.05) is 10.0 Å². The van der Waals surface area contributed by atoms with Crippen molar-refractivity contribution in [1.29, 1.82) is 0 Å². The van der Waals surface area contributed by atoms with Crippen LogP contribution < -0.4 is 10.0 Å². The first-order valence-electron chi connectivity index (χ1n) is 6.66. The topological polar surface area (TPSA) is 75.3 Å². The van der Waals surface area contributed by atoms with Gasteiger partial charge in [-0.25, -0.2) is 8.42 Å². The molecule has 0 heterocycles. The number of rotatable bonds is 4. The summed E-state index contributed by atoms with van der Waals surface area (Å²) in [6, 6.07) is 7.13. The van der Waals surface area contributed by atoms with Crippen molar-refractivity contribution in [1.82, 2.24) is 0 Å². The molecule has 0 bridgehead atoms. The number of hydrogen-bond acceptors (Lipinski definition) is 3. The maximum absolute atomic E-state index is 12.5. The van der Waals surface area contributed by atoms with E-state index in [9.17, 15) is 13.2 Å². The number of benzene rings is 2. The van der Waals surface area contributed by atoms with Crippen molar-refractivity contribution >= 4 is 62.1 Å². The van der Waals surface area contributed by atoms with Crippen LogP contribution in [0.3, 0.4) is 0 Å². The zero-order valence-corrected chi connectivity index (χ0v) is 15.7. The van der Waals surface area contributed by atoms with E-state index in [0.29, 0.717) is 16.3 Å². The molecule has 2 aromatic rings. The van der Waals surface area contributed by atoms with E-state index in [1.54, 1.807) is 6.92 Å². The molecular weight excluding hydrogens is 395 g/mol. The predicted molar refractivity (Wildman–Crippen MR) is 97.8 cm³/mol. The Bertz CT molecular complexity index is 914. The number of halogens is 3. The molecule has 0 aliphatic carbocycles. The van der Waals surface area contributed by atoms with Crippen LogP contribution in [0, 0.1) is 6.92 Å². The summed E-state index contributed by atoms with van der Waals surface area (Å²) >= 11 is 17.9. The maximum atomic E-state index is 12.5. The summed E-state index contributed by atoms with van der Waals surface area (Å²) in [5.74, 6) is -0.284. The van der Waals surface area contributed by atoms with Crippen LogP contribution in [0.4, 0.5) is 11.4 Å². The molecule has 0 spiro atoms. The molecule has 9 heteroatoms. The number of nitrogens with one attached hydrogen (secondary N) is 2. The molecule has 2 N–H and O–H groups in total. The second-order valence-electron chi connectivity index (χ2n) is 5.01. The predicted octanol–water partition coefficient (Wildman–Crippen LogP) is 4.71. The Balaban J connectivity index is 2.35. The Hall–Kier alpha value is -1.47. The smallest absolute Gasteiger partial charge is 0.263 e. The minimum atomic E-state index is -3.92. The van der Waals surface area contributed by atoms with Gasteiger partial charge in [-0.3, -0.25) is 9.52 Å². The van der Waals surface area contributed by atoms with Crippen LogP contribution in [0.25, 0.3) is 0 Å². The van der Waals surface area contributed by atoms with Gasteiger partial charge in [-0.15, -0.1) is 0 Å². The highest BCUT2D eigenvalue weighted by Gasteiger charge is 2.20. The molecule has 2 rings (SSSR count). The van der Waals surface area contributed by atoms with Gasteiger partial charge in [-0.05, 0) is 42.8 Å². The van der Waals surface area contributed by atoms with Gasteiger partial charge in [0.15, 0.2) is 0 Å². The lowest BCUT2D eigenvalue weighted by molar-refractivity contribution is -0.114. The molecule has 0 aromatic heterocycles. The molecule has 0 radical (unpaired) electrons. The van der Waals surface area contributed by atoms with Gasteiger partial charge in [0.05, 0.1) is 21.4 Å². The lowest BCUT2D eigenvalue weighted by Gasteiger charge is -2.12. The summed E-state index contributed by atoms with van der Waals surface area (Å²) < 4.78 is 27.4. The molecule has 5 nitrogen and oxygen atoms in total. The SMILES string of the molecule is CC(=O)Nc1ccc(NS(=O)(=O)c2cc(C)c(Cl)cc2Cl)cc1Cl. The number of sulfonamides is 1. The van der Waals surface area contributed by atoms with Gasteiger partial charge in [0.25, 0.3) is 10.0 Å². The number of amides is 1. The maximum Gasteiger partial charge on any atom is 0.263 e. The quantitative estimate of drug-likeness (QED) is 0.770. The standard InChI is InChI=1S/C15H13Cl3N2O3S/c1-8-5-15(13(18)7-11(8)16)24(22,23)20-10-3-4-14(12(17)6-10)19-9(2)21/h3-7,20H,1-2H3,(H,19,21). The third kappa shape index (κ3) is 4.33.